The Balaban J connectivity index is 1.67. The lowest BCUT2D eigenvalue weighted by Gasteiger charge is -2.17. The van der Waals surface area contributed by atoms with E-state index in [1.54, 1.807) is 22.3 Å². The van der Waals surface area contributed by atoms with Crippen LogP contribution in [-0.2, 0) is 12.8 Å². The lowest BCUT2D eigenvalue weighted by molar-refractivity contribution is 0.0992. The molecule has 1 amide bonds. The van der Waals surface area contributed by atoms with Crippen LogP contribution in [0.2, 0.25) is 0 Å². The van der Waals surface area contributed by atoms with Gasteiger partial charge in [-0.15, -0.1) is 29.3 Å². The normalized spacial score (nSPS) is 13.4. The van der Waals surface area contributed by atoms with E-state index in [0.29, 0.717) is 22.9 Å². The van der Waals surface area contributed by atoms with Crippen LogP contribution in [0.5, 0.6) is 0 Å². The summed E-state index contributed by atoms with van der Waals surface area (Å²) >= 11 is 2.99. The van der Waals surface area contributed by atoms with Gasteiger partial charge < -0.3 is 4.42 Å². The van der Waals surface area contributed by atoms with Crippen LogP contribution < -0.4 is 4.90 Å². The molecule has 1 aliphatic rings. The molecule has 0 bridgehead atoms. The molecule has 0 saturated heterocycles. The van der Waals surface area contributed by atoms with Crippen molar-refractivity contribution in [3.63, 3.8) is 0 Å². The predicted octanol–water partition coefficient (Wildman–Crippen LogP) is 5.19. The third-order valence-electron chi connectivity index (χ3n) is 4.56. The third kappa shape index (κ3) is 3.49. The maximum atomic E-state index is 13.3. The molecule has 140 valence electrons. The number of hydrogen-bond donors (Lipinski definition) is 0. The van der Waals surface area contributed by atoms with E-state index in [4.69, 9.17) is 9.40 Å². The largest absolute Gasteiger partial charge is 0.459 e. The Kier molecular flexibility index (Phi) is 4.97. The van der Waals surface area contributed by atoms with Gasteiger partial charge in [0.25, 0.3) is 5.91 Å². The molecule has 0 fully saturated rings. The van der Waals surface area contributed by atoms with Crippen LogP contribution in [0.15, 0.2) is 29.2 Å². The van der Waals surface area contributed by atoms with Crippen molar-refractivity contribution in [2.75, 3.05) is 11.4 Å². The van der Waals surface area contributed by atoms with Gasteiger partial charge in [-0.25, -0.2) is 9.97 Å². The first-order valence-electron chi connectivity index (χ1n) is 9.02. The van der Waals surface area contributed by atoms with Crippen molar-refractivity contribution in [1.82, 2.24) is 9.97 Å². The number of aryl methyl sites for hydroxylation is 4. The van der Waals surface area contributed by atoms with Gasteiger partial charge in [-0.05, 0) is 51.7 Å². The third-order valence-corrected chi connectivity index (χ3v) is 6.90. The highest BCUT2D eigenvalue weighted by Gasteiger charge is 2.27. The zero-order valence-electron chi connectivity index (χ0n) is 15.4. The van der Waals surface area contributed by atoms with E-state index in [9.17, 15) is 4.79 Å². The number of carbonyl (C=O) groups excluding carboxylic acids is 1. The predicted molar refractivity (Wildman–Crippen MR) is 110 cm³/mol. The summed E-state index contributed by atoms with van der Waals surface area (Å²) in [4.78, 5) is 26.3. The van der Waals surface area contributed by atoms with Gasteiger partial charge in [-0.2, -0.15) is 0 Å². The number of aromatic nitrogens is 2. The van der Waals surface area contributed by atoms with Gasteiger partial charge in [0.1, 0.15) is 10.6 Å². The monoisotopic (exact) mass is 399 g/mol. The van der Waals surface area contributed by atoms with Crippen molar-refractivity contribution in [2.45, 2.75) is 39.5 Å². The Morgan fingerprint density at radius 3 is 2.78 bits per heavy atom. The minimum atomic E-state index is -0.0782. The summed E-state index contributed by atoms with van der Waals surface area (Å²) in [5.74, 6) is 1.44. The van der Waals surface area contributed by atoms with E-state index >= 15 is 0 Å². The smallest absolute Gasteiger partial charge is 0.272 e. The second-order valence-electron chi connectivity index (χ2n) is 6.62. The molecule has 0 aromatic carbocycles. The van der Waals surface area contributed by atoms with Gasteiger partial charge in [-0.1, -0.05) is 6.08 Å². The SMILES string of the molecule is C=CCN(C(=O)c1sc(-c2ccc(C)o2)nc1C)c1nc2c(s1)CCCC2. The van der Waals surface area contributed by atoms with Gasteiger partial charge in [0.15, 0.2) is 15.9 Å². The first-order chi connectivity index (χ1) is 13.1. The van der Waals surface area contributed by atoms with Gasteiger partial charge >= 0.3 is 0 Å². The molecule has 0 saturated carbocycles. The molecule has 0 N–H and O–H groups in total. The van der Waals surface area contributed by atoms with E-state index in [1.165, 1.54) is 29.1 Å². The Bertz CT molecular complexity index is 975. The summed E-state index contributed by atoms with van der Waals surface area (Å²) in [6, 6.07) is 3.79. The van der Waals surface area contributed by atoms with Crippen LogP contribution in [0.1, 0.15) is 44.5 Å². The summed E-state index contributed by atoms with van der Waals surface area (Å²) in [6.45, 7) is 8.00. The number of anilines is 1. The standard InChI is InChI=1S/C20H21N3O2S2/c1-4-11-23(20-22-14-7-5-6-8-16(14)26-20)19(24)17-13(3)21-18(27-17)15-10-9-12(2)25-15/h4,9-10H,1,5-8,11H2,2-3H3. The summed E-state index contributed by atoms with van der Waals surface area (Å²) in [7, 11) is 0. The molecular formula is C20H21N3O2S2. The highest BCUT2D eigenvalue weighted by atomic mass is 32.1. The molecule has 7 heteroatoms. The molecule has 0 atom stereocenters. The highest BCUT2D eigenvalue weighted by molar-refractivity contribution is 7.18. The van der Waals surface area contributed by atoms with Crippen molar-refractivity contribution in [2.24, 2.45) is 0 Å². The van der Waals surface area contributed by atoms with Crippen molar-refractivity contribution >= 4 is 33.7 Å². The van der Waals surface area contributed by atoms with E-state index in [0.717, 1.165) is 34.4 Å². The van der Waals surface area contributed by atoms with Gasteiger partial charge in [0, 0.05) is 11.4 Å². The van der Waals surface area contributed by atoms with E-state index in [-0.39, 0.29) is 5.91 Å². The fraction of sp³-hybridized carbons (Fsp3) is 0.350. The fourth-order valence-corrected chi connectivity index (χ4v) is 5.34. The summed E-state index contributed by atoms with van der Waals surface area (Å²) in [5, 5.41) is 1.48. The molecule has 3 aromatic rings. The first kappa shape index (κ1) is 18.1. The van der Waals surface area contributed by atoms with E-state index in [2.05, 4.69) is 11.6 Å². The Morgan fingerprint density at radius 2 is 2.07 bits per heavy atom. The number of nitrogens with zero attached hydrogens (tertiary/aromatic N) is 3. The lowest BCUT2D eigenvalue weighted by atomic mass is 10.0. The molecule has 0 radical (unpaired) electrons. The minimum Gasteiger partial charge on any atom is -0.459 e. The number of amides is 1. The Morgan fingerprint density at radius 1 is 1.26 bits per heavy atom. The van der Waals surface area contributed by atoms with Crippen molar-refractivity contribution in [3.05, 3.63) is 51.7 Å². The molecule has 0 unspecified atom stereocenters. The average molecular weight is 400 g/mol. The topological polar surface area (TPSA) is 59.2 Å². The molecule has 0 spiro atoms. The summed E-state index contributed by atoms with van der Waals surface area (Å²) in [6.07, 6.45) is 6.18. The molecule has 3 aromatic heterocycles. The van der Waals surface area contributed by atoms with Crippen LogP contribution in [-0.4, -0.2) is 22.4 Å². The van der Waals surface area contributed by atoms with Crippen molar-refractivity contribution in [3.8, 4) is 10.8 Å². The fourth-order valence-electron chi connectivity index (χ4n) is 3.20. The maximum Gasteiger partial charge on any atom is 0.272 e. The molecule has 27 heavy (non-hydrogen) atoms. The molecule has 3 heterocycles. The number of rotatable bonds is 5. The summed E-state index contributed by atoms with van der Waals surface area (Å²) in [5.41, 5.74) is 1.86. The number of carbonyl (C=O) groups is 1. The van der Waals surface area contributed by atoms with Crippen LogP contribution in [0, 0.1) is 13.8 Å². The van der Waals surface area contributed by atoms with Gasteiger partial charge in [-0.3, -0.25) is 9.69 Å². The molecule has 5 nitrogen and oxygen atoms in total. The van der Waals surface area contributed by atoms with Crippen molar-refractivity contribution in [1.29, 1.82) is 0 Å². The second-order valence-corrected chi connectivity index (χ2v) is 8.68. The molecule has 1 aliphatic carbocycles. The summed E-state index contributed by atoms with van der Waals surface area (Å²) < 4.78 is 5.66. The van der Waals surface area contributed by atoms with Crippen LogP contribution in [0.4, 0.5) is 5.13 Å². The number of fused-ring (bicyclic) bond motifs is 1. The van der Waals surface area contributed by atoms with Gasteiger partial charge in [0.2, 0.25) is 0 Å². The Hall–Kier alpha value is -2.25. The lowest BCUT2D eigenvalue weighted by Crippen LogP contribution is -2.30. The first-order valence-corrected chi connectivity index (χ1v) is 10.7. The van der Waals surface area contributed by atoms with Crippen molar-refractivity contribution < 1.29 is 9.21 Å². The number of thiazole rings is 2. The maximum absolute atomic E-state index is 13.3. The van der Waals surface area contributed by atoms with Crippen LogP contribution in [0.25, 0.3) is 10.8 Å². The second kappa shape index (κ2) is 7.40. The Labute approximate surface area is 166 Å². The van der Waals surface area contributed by atoms with Gasteiger partial charge in [0.05, 0.1) is 11.4 Å². The molecule has 4 rings (SSSR count). The highest BCUT2D eigenvalue weighted by Crippen LogP contribution is 2.35. The number of furan rings is 1. The van der Waals surface area contributed by atoms with Crippen LogP contribution in [0.3, 0.4) is 0 Å². The number of hydrogen-bond acceptors (Lipinski definition) is 6. The minimum absolute atomic E-state index is 0.0782. The zero-order valence-corrected chi connectivity index (χ0v) is 17.1. The van der Waals surface area contributed by atoms with E-state index < -0.39 is 0 Å². The average Bonchev–Trinajstić information content (AvgIpc) is 3.36. The zero-order chi connectivity index (χ0) is 19.0. The molecular weight excluding hydrogens is 378 g/mol. The van der Waals surface area contributed by atoms with E-state index in [1.807, 2.05) is 26.0 Å². The quantitative estimate of drug-likeness (QED) is 0.554. The van der Waals surface area contributed by atoms with Crippen LogP contribution >= 0.6 is 22.7 Å². The molecule has 0 aliphatic heterocycles.